The van der Waals surface area contributed by atoms with Crippen molar-refractivity contribution in [3.8, 4) is 0 Å². The molecule has 1 fully saturated rings. The quantitative estimate of drug-likeness (QED) is 0.790. The molecule has 0 spiro atoms. The molecule has 156 valence electrons. The van der Waals surface area contributed by atoms with Crippen LogP contribution >= 0.6 is 0 Å². The maximum Gasteiger partial charge on any atom is 0.415 e. The van der Waals surface area contributed by atoms with Gasteiger partial charge in [-0.05, 0) is 57.2 Å². The van der Waals surface area contributed by atoms with E-state index in [2.05, 4.69) is 5.10 Å². The number of carbonyl (C=O) groups excluding carboxylic acids is 2. The first-order valence-electron chi connectivity index (χ1n) is 10.0. The molecular weight excluding hydrogens is 368 g/mol. The summed E-state index contributed by atoms with van der Waals surface area (Å²) in [6, 6.07) is 9.19. The lowest BCUT2D eigenvalue weighted by molar-refractivity contribution is -0.130. The van der Waals surface area contributed by atoms with Crippen molar-refractivity contribution < 1.29 is 14.3 Å². The highest BCUT2D eigenvalue weighted by Gasteiger charge is 2.29. The number of nitrogens with zero attached hydrogens (tertiary/aromatic N) is 4. The third-order valence-corrected chi connectivity index (χ3v) is 5.02. The number of hydrogen-bond acceptors (Lipinski definition) is 4. The van der Waals surface area contributed by atoms with E-state index in [4.69, 9.17) is 4.74 Å². The zero-order valence-electron chi connectivity index (χ0n) is 17.7. The molecule has 0 saturated carbocycles. The summed E-state index contributed by atoms with van der Waals surface area (Å²) in [6.07, 6.45) is 5.23. The molecule has 1 aromatic carbocycles. The summed E-state index contributed by atoms with van der Waals surface area (Å²) in [5, 5.41) is 4.25. The number of amides is 2. The number of rotatable bonds is 4. The molecular formula is C22H30N4O3. The predicted octanol–water partition coefficient (Wildman–Crippen LogP) is 3.57. The Balaban J connectivity index is 1.65. The maximum atomic E-state index is 13.0. The van der Waals surface area contributed by atoms with Gasteiger partial charge in [-0.1, -0.05) is 18.2 Å². The summed E-state index contributed by atoms with van der Waals surface area (Å²) >= 11 is 0. The van der Waals surface area contributed by atoms with E-state index < -0.39 is 11.7 Å². The van der Waals surface area contributed by atoms with Crippen molar-refractivity contribution in [2.75, 3.05) is 24.5 Å². The Morgan fingerprint density at radius 2 is 1.83 bits per heavy atom. The number of aromatic nitrogens is 2. The van der Waals surface area contributed by atoms with Crippen LogP contribution in [-0.2, 0) is 16.6 Å². The van der Waals surface area contributed by atoms with Crippen LogP contribution in [0.1, 0.15) is 45.1 Å². The molecule has 2 heterocycles. The summed E-state index contributed by atoms with van der Waals surface area (Å²) in [5.41, 5.74) is 1.24. The molecule has 7 nitrogen and oxygen atoms in total. The van der Waals surface area contributed by atoms with Gasteiger partial charge in [-0.15, -0.1) is 0 Å². The second-order valence-corrected chi connectivity index (χ2v) is 8.50. The van der Waals surface area contributed by atoms with Gasteiger partial charge in [0.25, 0.3) is 0 Å². The minimum absolute atomic E-state index is 0.0313. The average molecular weight is 399 g/mol. The Hall–Kier alpha value is -2.83. The minimum atomic E-state index is -0.630. The molecule has 0 unspecified atom stereocenters. The van der Waals surface area contributed by atoms with Crippen molar-refractivity contribution in [1.82, 2.24) is 14.7 Å². The lowest BCUT2D eigenvalue weighted by atomic mass is 9.91. The van der Waals surface area contributed by atoms with Gasteiger partial charge in [-0.3, -0.25) is 14.4 Å². The first-order valence-corrected chi connectivity index (χ1v) is 10.0. The smallest absolute Gasteiger partial charge is 0.415 e. The van der Waals surface area contributed by atoms with E-state index in [1.54, 1.807) is 0 Å². The molecule has 29 heavy (non-hydrogen) atoms. The number of aryl methyl sites for hydroxylation is 1. The largest absolute Gasteiger partial charge is 0.443 e. The molecule has 0 aliphatic carbocycles. The normalized spacial score (nSPS) is 15.2. The molecule has 1 saturated heterocycles. The van der Waals surface area contributed by atoms with Crippen LogP contribution in [0.15, 0.2) is 42.7 Å². The lowest BCUT2D eigenvalue weighted by Crippen LogP contribution is -2.47. The van der Waals surface area contributed by atoms with Crippen molar-refractivity contribution in [3.05, 3.63) is 48.3 Å². The van der Waals surface area contributed by atoms with E-state index in [9.17, 15) is 9.59 Å². The highest BCUT2D eigenvalue weighted by molar-refractivity contribution is 5.95. The van der Waals surface area contributed by atoms with Crippen LogP contribution in [0.25, 0.3) is 0 Å². The molecule has 0 radical (unpaired) electrons. The SMILES string of the molecule is Cn1cc(C2CCN(C(=O)CN(C(=O)OC(C)(C)C)c3ccccc3)CC2)cn1. The monoisotopic (exact) mass is 398 g/mol. The molecule has 0 atom stereocenters. The summed E-state index contributed by atoms with van der Waals surface area (Å²) in [5.74, 6) is 0.355. The fourth-order valence-electron chi connectivity index (χ4n) is 3.53. The Kier molecular flexibility index (Phi) is 6.25. The first kappa shape index (κ1) is 20.9. The Morgan fingerprint density at radius 1 is 1.17 bits per heavy atom. The molecule has 3 rings (SSSR count). The van der Waals surface area contributed by atoms with Gasteiger partial charge >= 0.3 is 6.09 Å². The van der Waals surface area contributed by atoms with Crippen molar-refractivity contribution in [2.24, 2.45) is 7.05 Å². The zero-order chi connectivity index (χ0) is 21.0. The molecule has 0 bridgehead atoms. The third kappa shape index (κ3) is 5.59. The van der Waals surface area contributed by atoms with Gasteiger partial charge in [0, 0.05) is 32.0 Å². The van der Waals surface area contributed by atoms with Crippen molar-refractivity contribution >= 4 is 17.7 Å². The van der Waals surface area contributed by atoms with E-state index in [-0.39, 0.29) is 12.5 Å². The fraction of sp³-hybridized carbons (Fsp3) is 0.500. The van der Waals surface area contributed by atoms with E-state index in [1.165, 1.54) is 10.5 Å². The fourth-order valence-corrected chi connectivity index (χ4v) is 3.53. The molecule has 1 aliphatic rings. The first-order chi connectivity index (χ1) is 13.7. The number of carbonyl (C=O) groups is 2. The van der Waals surface area contributed by atoms with Crippen LogP contribution < -0.4 is 4.90 Å². The maximum absolute atomic E-state index is 13.0. The van der Waals surface area contributed by atoms with E-state index >= 15 is 0 Å². The molecule has 2 aromatic rings. The molecule has 2 amide bonds. The third-order valence-electron chi connectivity index (χ3n) is 5.02. The number of likely N-dealkylation sites (tertiary alicyclic amines) is 1. The number of benzene rings is 1. The van der Waals surface area contributed by atoms with E-state index in [1.807, 2.05) is 80.1 Å². The molecule has 1 aromatic heterocycles. The molecule has 7 heteroatoms. The Bertz CT molecular complexity index is 833. The van der Waals surface area contributed by atoms with Gasteiger partial charge in [-0.2, -0.15) is 5.10 Å². The molecule has 1 aliphatic heterocycles. The van der Waals surface area contributed by atoms with Crippen molar-refractivity contribution in [2.45, 2.75) is 45.1 Å². The topological polar surface area (TPSA) is 67.7 Å². The van der Waals surface area contributed by atoms with Gasteiger partial charge in [0.15, 0.2) is 0 Å². The van der Waals surface area contributed by atoms with Crippen molar-refractivity contribution in [3.63, 3.8) is 0 Å². The van der Waals surface area contributed by atoms with Crippen LogP contribution in [0.2, 0.25) is 0 Å². The zero-order valence-corrected chi connectivity index (χ0v) is 17.7. The summed E-state index contributed by atoms with van der Waals surface area (Å²) < 4.78 is 7.34. The molecule has 0 N–H and O–H groups in total. The summed E-state index contributed by atoms with van der Waals surface area (Å²) in [4.78, 5) is 29.0. The minimum Gasteiger partial charge on any atom is -0.443 e. The van der Waals surface area contributed by atoms with Crippen LogP contribution in [0.3, 0.4) is 0 Å². The standard InChI is InChI=1S/C22H30N4O3/c1-22(2,3)29-21(28)26(19-8-6-5-7-9-19)16-20(27)25-12-10-17(11-13-25)18-14-23-24(4)15-18/h5-9,14-15,17H,10-13,16H2,1-4H3. The van der Waals surface area contributed by atoms with Gasteiger partial charge in [0.05, 0.1) is 6.20 Å². The number of ether oxygens (including phenoxy) is 1. The average Bonchev–Trinajstić information content (AvgIpc) is 3.11. The van der Waals surface area contributed by atoms with Crippen LogP contribution in [0, 0.1) is 0 Å². The highest BCUT2D eigenvalue weighted by Crippen LogP contribution is 2.28. The highest BCUT2D eigenvalue weighted by atomic mass is 16.6. The second kappa shape index (κ2) is 8.68. The number of anilines is 1. The van der Waals surface area contributed by atoms with Crippen molar-refractivity contribution in [1.29, 1.82) is 0 Å². The van der Waals surface area contributed by atoms with Gasteiger partial charge in [0.2, 0.25) is 5.91 Å². The Morgan fingerprint density at radius 3 is 2.38 bits per heavy atom. The summed E-state index contributed by atoms with van der Waals surface area (Å²) in [6.45, 7) is 6.78. The number of piperidine rings is 1. The number of hydrogen-bond donors (Lipinski definition) is 0. The second-order valence-electron chi connectivity index (χ2n) is 8.50. The van der Waals surface area contributed by atoms with E-state index in [0.29, 0.717) is 24.7 Å². The van der Waals surface area contributed by atoms with Gasteiger partial charge in [-0.25, -0.2) is 4.79 Å². The predicted molar refractivity (Wildman–Crippen MR) is 112 cm³/mol. The van der Waals surface area contributed by atoms with Gasteiger partial charge in [0.1, 0.15) is 12.1 Å². The van der Waals surface area contributed by atoms with Crippen LogP contribution in [0.4, 0.5) is 10.5 Å². The Labute approximate surface area is 172 Å². The van der Waals surface area contributed by atoms with E-state index in [0.717, 1.165) is 12.8 Å². The van der Waals surface area contributed by atoms with Crippen LogP contribution in [0.5, 0.6) is 0 Å². The summed E-state index contributed by atoms with van der Waals surface area (Å²) in [7, 11) is 1.91. The number of para-hydroxylation sites is 1. The lowest BCUT2D eigenvalue weighted by Gasteiger charge is -2.34. The van der Waals surface area contributed by atoms with Gasteiger partial charge < -0.3 is 9.64 Å². The van der Waals surface area contributed by atoms with Crippen LogP contribution in [-0.4, -0.2) is 51.9 Å².